The van der Waals surface area contributed by atoms with Crippen LogP contribution in [0.2, 0.25) is 0 Å². The summed E-state index contributed by atoms with van der Waals surface area (Å²) in [5.74, 6) is 0.686. The van der Waals surface area contributed by atoms with Crippen molar-refractivity contribution < 1.29 is 19.2 Å². The van der Waals surface area contributed by atoms with Crippen molar-refractivity contribution in [2.45, 2.75) is 26.9 Å². The van der Waals surface area contributed by atoms with Gasteiger partial charge in [-0.1, -0.05) is 6.07 Å². The number of ether oxygens (including phenoxy) is 2. The smallest absolute Gasteiger partial charge is 0.260 e. The summed E-state index contributed by atoms with van der Waals surface area (Å²) in [6, 6.07) is 5.99. The van der Waals surface area contributed by atoms with E-state index in [1.807, 2.05) is 26.0 Å². The number of nitrogens with one attached hydrogen (secondary N) is 2. The van der Waals surface area contributed by atoms with Gasteiger partial charge in [0, 0.05) is 0 Å². The second-order valence-corrected chi connectivity index (χ2v) is 5.99. The van der Waals surface area contributed by atoms with Crippen LogP contribution in [-0.2, 0) is 9.53 Å². The van der Waals surface area contributed by atoms with Crippen LogP contribution in [0.3, 0.4) is 0 Å². The van der Waals surface area contributed by atoms with E-state index in [2.05, 4.69) is 11.4 Å². The first kappa shape index (κ1) is 16.8. The van der Waals surface area contributed by atoms with Gasteiger partial charge in [-0.15, -0.1) is 0 Å². The molecule has 1 atom stereocenters. The molecule has 0 spiro atoms. The number of aryl methyl sites for hydroxylation is 2. The highest BCUT2D eigenvalue weighted by Gasteiger charge is 2.17. The Morgan fingerprint density at radius 2 is 1.91 bits per heavy atom. The van der Waals surface area contributed by atoms with Crippen LogP contribution in [0.5, 0.6) is 5.75 Å². The van der Waals surface area contributed by atoms with Gasteiger partial charge in [0.25, 0.3) is 5.91 Å². The van der Waals surface area contributed by atoms with E-state index in [0.717, 1.165) is 49.7 Å². The van der Waals surface area contributed by atoms with E-state index in [1.165, 1.54) is 4.90 Å². The van der Waals surface area contributed by atoms with E-state index >= 15 is 0 Å². The Kier molecular flexibility index (Phi) is 6.21. The largest absolute Gasteiger partial charge is 0.481 e. The second kappa shape index (κ2) is 8.15. The molecule has 1 saturated heterocycles. The molecule has 1 heterocycles. The highest BCUT2D eigenvalue weighted by atomic mass is 16.5. The molecule has 2 rings (SSSR count). The minimum absolute atomic E-state index is 0.0631. The van der Waals surface area contributed by atoms with Crippen molar-refractivity contribution in [3.05, 3.63) is 29.3 Å². The number of carbonyl (C=O) groups is 1. The first-order valence-electron chi connectivity index (χ1n) is 7.98. The van der Waals surface area contributed by atoms with Gasteiger partial charge in [0.05, 0.1) is 26.3 Å². The normalized spacial score (nSPS) is 17.0. The molecule has 0 bridgehead atoms. The third-order valence-electron chi connectivity index (χ3n) is 3.85. The maximum Gasteiger partial charge on any atom is 0.260 e. The van der Waals surface area contributed by atoms with Crippen molar-refractivity contribution in [2.24, 2.45) is 0 Å². The Hall–Kier alpha value is -1.59. The Morgan fingerprint density at radius 1 is 1.27 bits per heavy atom. The fourth-order valence-corrected chi connectivity index (χ4v) is 2.67. The van der Waals surface area contributed by atoms with Crippen LogP contribution in [0.15, 0.2) is 18.2 Å². The molecule has 1 amide bonds. The van der Waals surface area contributed by atoms with Gasteiger partial charge in [0.1, 0.15) is 18.8 Å². The fourth-order valence-electron chi connectivity index (χ4n) is 2.67. The molecular formula is C17H27N2O3+. The van der Waals surface area contributed by atoms with Crippen LogP contribution in [-0.4, -0.2) is 51.4 Å². The number of hydrogen-bond acceptors (Lipinski definition) is 3. The van der Waals surface area contributed by atoms with Gasteiger partial charge in [0.15, 0.2) is 6.10 Å². The van der Waals surface area contributed by atoms with Crippen molar-refractivity contribution in [1.82, 2.24) is 5.32 Å². The minimum Gasteiger partial charge on any atom is -0.481 e. The van der Waals surface area contributed by atoms with Crippen molar-refractivity contribution in [3.63, 3.8) is 0 Å². The van der Waals surface area contributed by atoms with Gasteiger partial charge in [-0.25, -0.2) is 0 Å². The molecule has 5 heteroatoms. The first-order valence-corrected chi connectivity index (χ1v) is 7.98. The van der Waals surface area contributed by atoms with Crippen LogP contribution < -0.4 is 15.0 Å². The number of rotatable bonds is 6. The number of amides is 1. The molecule has 1 aliphatic rings. The van der Waals surface area contributed by atoms with E-state index in [-0.39, 0.29) is 5.91 Å². The van der Waals surface area contributed by atoms with Crippen LogP contribution in [0.4, 0.5) is 0 Å². The van der Waals surface area contributed by atoms with Crippen molar-refractivity contribution >= 4 is 5.91 Å². The van der Waals surface area contributed by atoms with Crippen LogP contribution >= 0.6 is 0 Å². The molecule has 122 valence electrons. The summed E-state index contributed by atoms with van der Waals surface area (Å²) in [5, 5.41) is 2.95. The van der Waals surface area contributed by atoms with Gasteiger partial charge < -0.3 is 19.7 Å². The topological polar surface area (TPSA) is 52.0 Å². The predicted octanol–water partition coefficient (Wildman–Crippen LogP) is 0.102. The Bertz CT molecular complexity index is 478. The van der Waals surface area contributed by atoms with E-state index in [9.17, 15) is 4.79 Å². The van der Waals surface area contributed by atoms with E-state index < -0.39 is 6.10 Å². The second-order valence-electron chi connectivity index (χ2n) is 5.99. The summed E-state index contributed by atoms with van der Waals surface area (Å²) in [4.78, 5) is 13.6. The SMILES string of the molecule is Cc1cc(C)cc(O[C@H](C)C(=O)NCC[NH+]2CCOCC2)c1. The molecule has 1 aromatic carbocycles. The maximum atomic E-state index is 12.1. The lowest BCUT2D eigenvalue weighted by molar-refractivity contribution is -0.906. The average molecular weight is 307 g/mol. The van der Waals surface area contributed by atoms with Gasteiger partial charge in [-0.2, -0.15) is 0 Å². The monoisotopic (exact) mass is 307 g/mol. The molecule has 1 aliphatic heterocycles. The highest BCUT2D eigenvalue weighted by molar-refractivity contribution is 5.80. The first-order chi connectivity index (χ1) is 10.5. The molecule has 2 N–H and O–H groups in total. The average Bonchev–Trinajstić information content (AvgIpc) is 2.47. The van der Waals surface area contributed by atoms with Crippen molar-refractivity contribution in [2.75, 3.05) is 39.4 Å². The number of hydrogen-bond donors (Lipinski definition) is 2. The van der Waals surface area contributed by atoms with Crippen molar-refractivity contribution in [3.8, 4) is 5.75 Å². The van der Waals surface area contributed by atoms with Gasteiger partial charge >= 0.3 is 0 Å². The lowest BCUT2D eigenvalue weighted by Crippen LogP contribution is -3.14. The zero-order valence-corrected chi connectivity index (χ0v) is 13.8. The summed E-state index contributed by atoms with van der Waals surface area (Å²) < 4.78 is 11.1. The number of carbonyl (C=O) groups excluding carboxylic acids is 1. The van der Waals surface area contributed by atoms with Crippen molar-refractivity contribution in [1.29, 1.82) is 0 Å². The Balaban J connectivity index is 1.74. The highest BCUT2D eigenvalue weighted by Crippen LogP contribution is 2.17. The number of benzene rings is 1. The van der Waals surface area contributed by atoms with E-state index in [1.54, 1.807) is 6.92 Å². The molecule has 22 heavy (non-hydrogen) atoms. The Morgan fingerprint density at radius 3 is 2.55 bits per heavy atom. The van der Waals surface area contributed by atoms with Gasteiger partial charge in [-0.3, -0.25) is 4.79 Å². The summed E-state index contributed by atoms with van der Waals surface area (Å²) in [6.45, 7) is 11.1. The molecule has 1 fully saturated rings. The van der Waals surface area contributed by atoms with Crippen LogP contribution in [0, 0.1) is 13.8 Å². The molecule has 0 saturated carbocycles. The zero-order chi connectivity index (χ0) is 15.9. The van der Waals surface area contributed by atoms with E-state index in [0.29, 0.717) is 6.54 Å². The summed E-state index contributed by atoms with van der Waals surface area (Å²) in [5.41, 5.74) is 2.28. The third-order valence-corrected chi connectivity index (χ3v) is 3.85. The van der Waals surface area contributed by atoms with Gasteiger partial charge in [0.2, 0.25) is 0 Å². The standard InChI is InChI=1S/C17H26N2O3/c1-13-10-14(2)12-16(11-13)22-15(3)17(20)18-4-5-19-6-8-21-9-7-19/h10-12,15H,4-9H2,1-3H3,(H,18,20)/p+1/t15-/m1/s1. The molecule has 0 unspecified atom stereocenters. The predicted molar refractivity (Wildman–Crippen MR) is 85.4 cm³/mol. The molecule has 0 aliphatic carbocycles. The van der Waals surface area contributed by atoms with E-state index in [4.69, 9.17) is 9.47 Å². The zero-order valence-electron chi connectivity index (χ0n) is 13.8. The maximum absolute atomic E-state index is 12.1. The minimum atomic E-state index is -0.485. The molecule has 5 nitrogen and oxygen atoms in total. The lowest BCUT2D eigenvalue weighted by Gasteiger charge is -2.24. The molecule has 1 aromatic rings. The van der Waals surface area contributed by atoms with Crippen LogP contribution in [0.1, 0.15) is 18.1 Å². The summed E-state index contributed by atoms with van der Waals surface area (Å²) in [6.07, 6.45) is -0.485. The lowest BCUT2D eigenvalue weighted by atomic mass is 10.1. The fraction of sp³-hybridized carbons (Fsp3) is 0.588. The van der Waals surface area contributed by atoms with Crippen LogP contribution in [0.25, 0.3) is 0 Å². The summed E-state index contributed by atoms with van der Waals surface area (Å²) in [7, 11) is 0. The van der Waals surface area contributed by atoms with Gasteiger partial charge in [-0.05, 0) is 44.0 Å². The molecular weight excluding hydrogens is 280 g/mol. The number of quaternary nitrogens is 1. The quantitative estimate of drug-likeness (QED) is 0.784. The Labute approximate surface area is 132 Å². The molecule has 0 aromatic heterocycles. The molecule has 0 radical (unpaired) electrons. The summed E-state index contributed by atoms with van der Waals surface area (Å²) >= 11 is 0. The third kappa shape index (κ3) is 5.31. The number of morpholine rings is 1.